The van der Waals surface area contributed by atoms with E-state index in [0.29, 0.717) is 11.6 Å². The molecule has 2 aromatic carbocycles. The van der Waals surface area contributed by atoms with E-state index in [-0.39, 0.29) is 17.8 Å². The fourth-order valence-electron chi connectivity index (χ4n) is 3.66. The zero-order valence-corrected chi connectivity index (χ0v) is 14.0. The molecule has 0 unspecified atom stereocenters. The zero-order valence-electron chi connectivity index (χ0n) is 11.7. The third-order valence-electron chi connectivity index (χ3n) is 4.63. The molecule has 1 aliphatic heterocycles. The van der Waals surface area contributed by atoms with Crippen LogP contribution in [0.5, 0.6) is 0 Å². The Hall–Kier alpha value is -1.32. The number of allylic oxidation sites excluding steroid dienone is 2. The predicted octanol–water partition coefficient (Wildman–Crippen LogP) is 6.07. The third-order valence-corrected chi connectivity index (χ3v) is 5.43. The molecule has 1 heterocycles. The summed E-state index contributed by atoms with van der Waals surface area (Å²) in [6, 6.07) is 11.4. The summed E-state index contributed by atoms with van der Waals surface area (Å²) in [6.45, 7) is 0. The lowest BCUT2D eigenvalue weighted by Crippen LogP contribution is -2.30. The maximum absolute atomic E-state index is 14.4. The quantitative estimate of drug-likeness (QED) is 0.594. The molecule has 0 radical (unpaired) electrons. The number of hydrogen-bond acceptors (Lipinski definition) is 1. The van der Waals surface area contributed by atoms with Gasteiger partial charge in [0, 0.05) is 15.4 Å². The monoisotopic (exact) mass is 377 g/mol. The van der Waals surface area contributed by atoms with Crippen molar-refractivity contribution in [1.29, 1.82) is 0 Å². The van der Waals surface area contributed by atoms with Gasteiger partial charge in [-0.15, -0.1) is 0 Å². The van der Waals surface area contributed by atoms with Crippen molar-refractivity contribution >= 4 is 33.2 Å². The van der Waals surface area contributed by atoms with Crippen molar-refractivity contribution in [3.05, 3.63) is 75.0 Å². The van der Waals surface area contributed by atoms with Crippen LogP contribution in [-0.2, 0) is 0 Å². The topological polar surface area (TPSA) is 12.0 Å². The van der Waals surface area contributed by atoms with Gasteiger partial charge in [0.15, 0.2) is 0 Å². The molecular weight excluding hydrogens is 365 g/mol. The molecule has 4 heteroatoms. The lowest BCUT2D eigenvalue weighted by Gasteiger charge is -2.38. The number of benzene rings is 2. The SMILES string of the molecule is Fc1cc(Br)cc2c1N[C@H](c1ccccc1Cl)[C@H]1CC=C[C@@H]21. The molecule has 112 valence electrons. The van der Waals surface area contributed by atoms with Gasteiger partial charge in [-0.05, 0) is 41.7 Å². The Kier molecular flexibility index (Phi) is 3.50. The lowest BCUT2D eigenvalue weighted by molar-refractivity contribution is 0.420. The van der Waals surface area contributed by atoms with E-state index in [0.717, 1.165) is 27.0 Å². The lowest BCUT2D eigenvalue weighted by atomic mass is 9.77. The highest BCUT2D eigenvalue weighted by molar-refractivity contribution is 9.10. The summed E-state index contributed by atoms with van der Waals surface area (Å²) < 4.78 is 15.2. The summed E-state index contributed by atoms with van der Waals surface area (Å²) in [5.74, 6) is 0.366. The van der Waals surface area contributed by atoms with Gasteiger partial charge in [-0.1, -0.05) is 57.9 Å². The molecule has 4 rings (SSSR count). The van der Waals surface area contributed by atoms with Gasteiger partial charge < -0.3 is 5.32 Å². The first kappa shape index (κ1) is 14.3. The van der Waals surface area contributed by atoms with Crippen LogP contribution < -0.4 is 5.32 Å². The molecule has 1 aliphatic carbocycles. The van der Waals surface area contributed by atoms with Crippen LogP contribution >= 0.6 is 27.5 Å². The van der Waals surface area contributed by atoms with Crippen LogP contribution in [0.1, 0.15) is 29.5 Å². The second-order valence-corrected chi connectivity index (χ2v) is 7.17. The first-order chi connectivity index (χ1) is 10.6. The van der Waals surface area contributed by atoms with Crippen LogP contribution in [0.3, 0.4) is 0 Å². The van der Waals surface area contributed by atoms with Crippen molar-refractivity contribution in [3.63, 3.8) is 0 Å². The first-order valence-electron chi connectivity index (χ1n) is 7.31. The van der Waals surface area contributed by atoms with E-state index in [4.69, 9.17) is 11.6 Å². The fraction of sp³-hybridized carbons (Fsp3) is 0.222. The van der Waals surface area contributed by atoms with Crippen molar-refractivity contribution in [2.75, 3.05) is 5.32 Å². The van der Waals surface area contributed by atoms with Crippen molar-refractivity contribution in [2.24, 2.45) is 5.92 Å². The molecule has 0 saturated heterocycles. The van der Waals surface area contributed by atoms with Crippen LogP contribution in [0.4, 0.5) is 10.1 Å². The Morgan fingerprint density at radius 2 is 2.00 bits per heavy atom. The van der Waals surface area contributed by atoms with Gasteiger partial charge in [0.1, 0.15) is 5.82 Å². The van der Waals surface area contributed by atoms with Gasteiger partial charge >= 0.3 is 0 Å². The molecule has 1 N–H and O–H groups in total. The highest BCUT2D eigenvalue weighted by Gasteiger charge is 2.39. The number of anilines is 1. The summed E-state index contributed by atoms with van der Waals surface area (Å²) in [5.41, 5.74) is 2.66. The molecule has 0 amide bonds. The Morgan fingerprint density at radius 1 is 1.18 bits per heavy atom. The summed E-state index contributed by atoms with van der Waals surface area (Å²) in [4.78, 5) is 0. The van der Waals surface area contributed by atoms with Crippen LogP contribution in [0.2, 0.25) is 5.02 Å². The smallest absolute Gasteiger partial charge is 0.147 e. The molecule has 3 atom stereocenters. The Labute approximate surface area is 142 Å². The number of rotatable bonds is 1. The fourth-order valence-corrected chi connectivity index (χ4v) is 4.36. The van der Waals surface area contributed by atoms with Crippen LogP contribution in [0.15, 0.2) is 53.0 Å². The minimum atomic E-state index is -0.222. The molecule has 0 spiro atoms. The van der Waals surface area contributed by atoms with Gasteiger partial charge in [-0.3, -0.25) is 0 Å². The number of fused-ring (bicyclic) bond motifs is 3. The third kappa shape index (κ3) is 2.19. The van der Waals surface area contributed by atoms with Gasteiger partial charge in [0.05, 0.1) is 11.7 Å². The highest BCUT2D eigenvalue weighted by Crippen LogP contribution is 2.51. The molecule has 0 fully saturated rings. The van der Waals surface area contributed by atoms with Gasteiger partial charge in [0.25, 0.3) is 0 Å². The highest BCUT2D eigenvalue weighted by atomic mass is 79.9. The molecule has 0 aromatic heterocycles. The minimum Gasteiger partial charge on any atom is -0.375 e. The average Bonchev–Trinajstić information content (AvgIpc) is 2.97. The van der Waals surface area contributed by atoms with Gasteiger partial charge in [-0.2, -0.15) is 0 Å². The normalized spacial score (nSPS) is 25.5. The molecule has 2 aliphatic rings. The standard InChI is InChI=1S/C18H14BrClFN/c19-10-8-14-11-5-3-6-12(11)17(22-18(14)16(21)9-10)13-4-1-2-7-15(13)20/h1-5,7-9,11-12,17,22H,6H2/t11-,12+,17+/m1/s1. The van der Waals surface area contributed by atoms with E-state index in [9.17, 15) is 4.39 Å². The zero-order chi connectivity index (χ0) is 15.3. The largest absolute Gasteiger partial charge is 0.375 e. The van der Waals surface area contributed by atoms with Crippen molar-refractivity contribution < 1.29 is 4.39 Å². The number of halogens is 3. The van der Waals surface area contributed by atoms with Crippen LogP contribution in [0, 0.1) is 11.7 Å². The molecule has 1 nitrogen and oxygen atoms in total. The summed E-state index contributed by atoms with van der Waals surface area (Å²) >= 11 is 9.78. The minimum absolute atomic E-state index is 0.0249. The Bertz CT molecular complexity index is 774. The van der Waals surface area contributed by atoms with Crippen molar-refractivity contribution in [3.8, 4) is 0 Å². The van der Waals surface area contributed by atoms with E-state index < -0.39 is 0 Å². The van der Waals surface area contributed by atoms with Crippen LogP contribution in [-0.4, -0.2) is 0 Å². The summed E-state index contributed by atoms with van der Waals surface area (Å²) in [7, 11) is 0. The second kappa shape index (κ2) is 5.39. The van der Waals surface area contributed by atoms with Gasteiger partial charge in [-0.25, -0.2) is 4.39 Å². The molecule has 2 aromatic rings. The van der Waals surface area contributed by atoms with Crippen molar-refractivity contribution in [2.45, 2.75) is 18.4 Å². The predicted molar refractivity (Wildman–Crippen MR) is 91.9 cm³/mol. The van der Waals surface area contributed by atoms with Crippen molar-refractivity contribution in [1.82, 2.24) is 0 Å². The van der Waals surface area contributed by atoms with E-state index in [2.05, 4.69) is 33.4 Å². The Balaban J connectivity index is 1.86. The first-order valence-corrected chi connectivity index (χ1v) is 8.49. The maximum atomic E-state index is 14.4. The van der Waals surface area contributed by atoms with Crippen LogP contribution in [0.25, 0.3) is 0 Å². The summed E-state index contributed by atoms with van der Waals surface area (Å²) in [6.07, 6.45) is 5.36. The van der Waals surface area contributed by atoms with E-state index >= 15 is 0 Å². The van der Waals surface area contributed by atoms with E-state index in [1.54, 1.807) is 0 Å². The molecule has 22 heavy (non-hydrogen) atoms. The molecule has 0 saturated carbocycles. The average molecular weight is 379 g/mol. The maximum Gasteiger partial charge on any atom is 0.147 e. The summed E-state index contributed by atoms with van der Waals surface area (Å²) in [5, 5.41) is 4.13. The second-order valence-electron chi connectivity index (χ2n) is 5.85. The Morgan fingerprint density at radius 3 is 2.82 bits per heavy atom. The molecular formula is C18H14BrClFN. The molecule has 0 bridgehead atoms. The van der Waals surface area contributed by atoms with E-state index in [1.165, 1.54) is 6.07 Å². The van der Waals surface area contributed by atoms with E-state index in [1.807, 2.05) is 30.3 Å². The number of hydrogen-bond donors (Lipinski definition) is 1. The number of nitrogens with one attached hydrogen (secondary N) is 1. The van der Waals surface area contributed by atoms with Gasteiger partial charge in [0.2, 0.25) is 0 Å².